The number of carbonyl (C=O) groups excluding carboxylic acids is 1. The van der Waals surface area contributed by atoms with Crippen molar-refractivity contribution < 1.29 is 19.0 Å². The van der Waals surface area contributed by atoms with Crippen molar-refractivity contribution in [2.75, 3.05) is 13.7 Å². The average Bonchev–Trinajstić information content (AvgIpc) is 3.45. The molecule has 1 aliphatic rings. The number of hydrogen-bond donors (Lipinski definition) is 0. The molecular formula is C26H26N2O5S2. The fourth-order valence-electron chi connectivity index (χ4n) is 3.77. The van der Waals surface area contributed by atoms with Crippen LogP contribution in [0.3, 0.4) is 0 Å². The highest BCUT2D eigenvalue weighted by molar-refractivity contribution is 7.10. The number of allylic oxidation sites excluding steroid dienone is 1. The summed E-state index contributed by atoms with van der Waals surface area (Å²) in [5.74, 6) is 0.681. The maximum absolute atomic E-state index is 13.6. The highest BCUT2D eigenvalue weighted by Crippen LogP contribution is 2.33. The molecule has 1 aliphatic heterocycles. The molecule has 3 heterocycles. The van der Waals surface area contributed by atoms with E-state index in [0.717, 1.165) is 10.4 Å². The molecule has 182 valence electrons. The van der Waals surface area contributed by atoms with Crippen molar-refractivity contribution in [2.45, 2.75) is 32.9 Å². The van der Waals surface area contributed by atoms with Gasteiger partial charge in [-0.1, -0.05) is 36.1 Å². The molecule has 0 amide bonds. The average molecular weight is 511 g/mol. The number of aromatic nitrogens is 1. The Balaban J connectivity index is 1.84. The summed E-state index contributed by atoms with van der Waals surface area (Å²) in [5, 5.41) is 1.92. The first-order chi connectivity index (χ1) is 16.8. The number of fused-ring (bicyclic) bond motifs is 1. The van der Waals surface area contributed by atoms with Crippen molar-refractivity contribution in [3.63, 3.8) is 0 Å². The van der Waals surface area contributed by atoms with E-state index in [1.165, 1.54) is 22.7 Å². The number of nitrogens with zero attached hydrogens (tertiary/aromatic N) is 2. The van der Waals surface area contributed by atoms with Crippen LogP contribution in [0.1, 0.15) is 37.3 Å². The second kappa shape index (κ2) is 10.5. The van der Waals surface area contributed by atoms with Gasteiger partial charge in [0.25, 0.3) is 5.56 Å². The molecule has 1 atom stereocenters. The Labute approximate surface area is 210 Å². The molecule has 0 radical (unpaired) electrons. The lowest BCUT2D eigenvalue weighted by atomic mass is 10.0. The van der Waals surface area contributed by atoms with Crippen LogP contribution in [0, 0.1) is 0 Å². The highest BCUT2D eigenvalue weighted by atomic mass is 32.1. The highest BCUT2D eigenvalue weighted by Gasteiger charge is 2.34. The molecule has 1 aromatic carbocycles. The molecule has 9 heteroatoms. The van der Waals surface area contributed by atoms with Gasteiger partial charge in [-0.25, -0.2) is 9.79 Å². The number of benzene rings is 1. The molecule has 35 heavy (non-hydrogen) atoms. The Morgan fingerprint density at radius 2 is 2.09 bits per heavy atom. The third-order valence-corrected chi connectivity index (χ3v) is 7.15. The van der Waals surface area contributed by atoms with Crippen LogP contribution in [0.25, 0.3) is 6.08 Å². The largest absolute Gasteiger partial charge is 0.493 e. The van der Waals surface area contributed by atoms with Crippen LogP contribution in [0.15, 0.2) is 69.4 Å². The molecule has 0 bridgehead atoms. The zero-order chi connectivity index (χ0) is 25.1. The van der Waals surface area contributed by atoms with Crippen molar-refractivity contribution in [1.82, 2.24) is 4.57 Å². The molecule has 2 aromatic heterocycles. The third kappa shape index (κ3) is 5.01. The summed E-state index contributed by atoms with van der Waals surface area (Å²) in [4.78, 5) is 32.7. The second-order valence-electron chi connectivity index (χ2n) is 8.06. The maximum atomic E-state index is 13.6. The van der Waals surface area contributed by atoms with Gasteiger partial charge in [0.1, 0.15) is 12.6 Å². The number of carbonyl (C=O) groups is 1. The SMILES string of the molecule is C=CCOc1ccc(/C=c2/sc3n(c2=O)[C@H](c2cccs2)C(C(=O)OC(C)C)=C(C)N=3)cc1OC. The Kier molecular flexibility index (Phi) is 7.37. The minimum Gasteiger partial charge on any atom is -0.493 e. The summed E-state index contributed by atoms with van der Waals surface area (Å²) < 4.78 is 18.7. The number of thiazole rings is 1. The van der Waals surface area contributed by atoms with E-state index in [-0.39, 0.29) is 11.7 Å². The van der Waals surface area contributed by atoms with Gasteiger partial charge < -0.3 is 14.2 Å². The second-order valence-corrected chi connectivity index (χ2v) is 10.0. The molecule has 0 saturated heterocycles. The first-order valence-electron chi connectivity index (χ1n) is 11.0. The van der Waals surface area contributed by atoms with Crippen molar-refractivity contribution in [1.29, 1.82) is 0 Å². The van der Waals surface area contributed by atoms with Crippen LogP contribution in [-0.2, 0) is 9.53 Å². The number of rotatable bonds is 8. The van der Waals surface area contributed by atoms with Gasteiger partial charge in [0.05, 0.1) is 29.0 Å². The number of hydrogen-bond acceptors (Lipinski definition) is 8. The Hall–Kier alpha value is -3.43. The van der Waals surface area contributed by atoms with Crippen LogP contribution in [0.4, 0.5) is 0 Å². The van der Waals surface area contributed by atoms with Gasteiger partial charge in [0.15, 0.2) is 16.3 Å². The normalized spacial score (nSPS) is 15.6. The fourth-order valence-corrected chi connectivity index (χ4v) is 5.64. The van der Waals surface area contributed by atoms with E-state index in [1.807, 2.05) is 29.6 Å². The van der Waals surface area contributed by atoms with Crippen molar-refractivity contribution in [3.05, 3.63) is 89.8 Å². The van der Waals surface area contributed by atoms with E-state index < -0.39 is 12.0 Å². The van der Waals surface area contributed by atoms with Crippen LogP contribution >= 0.6 is 22.7 Å². The van der Waals surface area contributed by atoms with Crippen molar-refractivity contribution in [3.8, 4) is 11.5 Å². The Morgan fingerprint density at radius 1 is 1.29 bits per heavy atom. The first kappa shape index (κ1) is 24.7. The van der Waals surface area contributed by atoms with E-state index in [1.54, 1.807) is 50.7 Å². The summed E-state index contributed by atoms with van der Waals surface area (Å²) in [6.07, 6.45) is 3.16. The summed E-state index contributed by atoms with van der Waals surface area (Å²) in [6.45, 7) is 9.39. The molecule has 0 spiro atoms. The molecule has 3 aromatic rings. The molecular weight excluding hydrogens is 484 g/mol. The Bertz CT molecular complexity index is 1460. The molecule has 0 N–H and O–H groups in total. The predicted octanol–water partition coefficient (Wildman–Crippen LogP) is 3.82. The topological polar surface area (TPSA) is 79.1 Å². The predicted molar refractivity (Wildman–Crippen MR) is 138 cm³/mol. The van der Waals surface area contributed by atoms with E-state index in [4.69, 9.17) is 14.2 Å². The van der Waals surface area contributed by atoms with E-state index in [2.05, 4.69) is 11.6 Å². The van der Waals surface area contributed by atoms with E-state index >= 15 is 0 Å². The number of ether oxygens (including phenoxy) is 3. The minimum atomic E-state index is -0.594. The summed E-state index contributed by atoms with van der Waals surface area (Å²) in [6, 6.07) is 8.68. The number of esters is 1. The van der Waals surface area contributed by atoms with Gasteiger partial charge in [-0.2, -0.15) is 0 Å². The first-order valence-corrected chi connectivity index (χ1v) is 12.7. The lowest BCUT2D eigenvalue weighted by Gasteiger charge is -2.24. The molecule has 7 nitrogen and oxygen atoms in total. The lowest BCUT2D eigenvalue weighted by molar-refractivity contribution is -0.143. The van der Waals surface area contributed by atoms with Gasteiger partial charge in [0.2, 0.25) is 0 Å². The lowest BCUT2D eigenvalue weighted by Crippen LogP contribution is -2.39. The smallest absolute Gasteiger partial charge is 0.338 e. The molecule has 0 fully saturated rings. The van der Waals surface area contributed by atoms with Crippen LogP contribution in [0.5, 0.6) is 11.5 Å². The zero-order valence-corrected chi connectivity index (χ0v) is 21.6. The van der Waals surface area contributed by atoms with Crippen LogP contribution < -0.4 is 24.4 Å². The van der Waals surface area contributed by atoms with Gasteiger partial charge >= 0.3 is 5.97 Å². The van der Waals surface area contributed by atoms with E-state index in [9.17, 15) is 9.59 Å². The van der Waals surface area contributed by atoms with Crippen molar-refractivity contribution in [2.24, 2.45) is 4.99 Å². The number of thiophene rings is 1. The summed E-state index contributed by atoms with van der Waals surface area (Å²) in [5.41, 5.74) is 1.49. The fraction of sp³-hybridized carbons (Fsp3) is 0.269. The zero-order valence-electron chi connectivity index (χ0n) is 19.9. The number of methoxy groups -OCH3 is 1. The van der Waals surface area contributed by atoms with E-state index in [0.29, 0.717) is 38.7 Å². The molecule has 0 aliphatic carbocycles. The minimum absolute atomic E-state index is 0.222. The van der Waals surface area contributed by atoms with Gasteiger partial charge in [-0.15, -0.1) is 11.3 Å². The summed E-state index contributed by atoms with van der Waals surface area (Å²) in [7, 11) is 1.56. The molecule has 0 saturated carbocycles. The molecule has 0 unspecified atom stereocenters. The van der Waals surface area contributed by atoms with Crippen molar-refractivity contribution >= 4 is 34.7 Å². The monoisotopic (exact) mass is 510 g/mol. The van der Waals surface area contributed by atoms with Crippen LogP contribution in [-0.4, -0.2) is 30.4 Å². The maximum Gasteiger partial charge on any atom is 0.338 e. The van der Waals surface area contributed by atoms with Gasteiger partial charge in [-0.3, -0.25) is 9.36 Å². The van der Waals surface area contributed by atoms with Gasteiger partial charge in [0, 0.05) is 4.88 Å². The Morgan fingerprint density at radius 3 is 2.74 bits per heavy atom. The summed E-state index contributed by atoms with van der Waals surface area (Å²) >= 11 is 2.77. The third-order valence-electron chi connectivity index (χ3n) is 5.24. The van der Waals surface area contributed by atoms with Crippen LogP contribution in [0.2, 0.25) is 0 Å². The standard InChI is InChI=1S/C26H26N2O5S2/c1-6-11-32-18-10-9-17(13-19(18)31-5)14-21-24(29)28-23(20-8-7-12-34-20)22(25(30)33-15(2)3)16(4)27-26(28)35-21/h6-10,12-15,23H,1,11H2,2-5H3/b21-14+/t23-/m1/s1. The quantitative estimate of drug-likeness (QED) is 0.340. The molecule has 4 rings (SSSR count). The van der Waals surface area contributed by atoms with Gasteiger partial charge in [-0.05, 0) is 56.0 Å².